The summed E-state index contributed by atoms with van der Waals surface area (Å²) in [4.78, 5) is 34.3. The Labute approximate surface area is 236 Å². The summed E-state index contributed by atoms with van der Waals surface area (Å²) in [6.45, 7) is 2.24. The van der Waals surface area contributed by atoms with Crippen LogP contribution in [-0.4, -0.2) is 46.3 Å². The van der Waals surface area contributed by atoms with Crippen LogP contribution in [0.2, 0.25) is 10.0 Å². The van der Waals surface area contributed by atoms with Crippen molar-refractivity contribution < 1.29 is 19.1 Å². The highest BCUT2D eigenvalue weighted by Crippen LogP contribution is 2.31. The maximum atomic E-state index is 12.9. The summed E-state index contributed by atoms with van der Waals surface area (Å²) in [5, 5.41) is 3.94. The molecule has 1 aliphatic rings. The lowest BCUT2D eigenvalue weighted by atomic mass is 10.1. The standard InChI is InChI=1S/C29H28Cl2N4O4/c30-21-10-8-20(22(31)16-21)17-38-26-15-19(29(37)32-12-4-14-35-13-3-7-28(35)36)9-11-25(26)39-18-27-33-23-5-1-2-6-24(23)34-27/h1-2,5-6,8-11,15-16H,3-4,7,12-14,17-18H2,(H,32,37)(H,33,34). The monoisotopic (exact) mass is 566 g/mol. The predicted molar refractivity (Wildman–Crippen MR) is 150 cm³/mol. The van der Waals surface area contributed by atoms with Crippen molar-refractivity contribution in [2.75, 3.05) is 19.6 Å². The van der Waals surface area contributed by atoms with Gasteiger partial charge in [0.25, 0.3) is 5.91 Å². The highest BCUT2D eigenvalue weighted by atomic mass is 35.5. The Morgan fingerprint density at radius 1 is 1.03 bits per heavy atom. The van der Waals surface area contributed by atoms with Crippen molar-refractivity contribution in [3.63, 3.8) is 0 Å². The van der Waals surface area contributed by atoms with Crippen LogP contribution in [0.25, 0.3) is 11.0 Å². The number of ether oxygens (including phenoxy) is 2. The van der Waals surface area contributed by atoms with Crippen LogP contribution in [0.3, 0.4) is 0 Å². The van der Waals surface area contributed by atoms with Crippen LogP contribution in [0.4, 0.5) is 0 Å². The van der Waals surface area contributed by atoms with Crippen molar-refractivity contribution in [3.05, 3.63) is 87.7 Å². The topological polar surface area (TPSA) is 96.5 Å². The van der Waals surface area contributed by atoms with Crippen molar-refractivity contribution in [2.24, 2.45) is 0 Å². The molecular weight excluding hydrogens is 539 g/mol. The van der Waals surface area contributed by atoms with Gasteiger partial charge in [0.05, 0.1) is 11.0 Å². The lowest BCUT2D eigenvalue weighted by molar-refractivity contribution is -0.127. The number of carbonyl (C=O) groups is 2. The molecule has 1 fully saturated rings. The Bertz CT molecular complexity index is 1460. The number of carbonyl (C=O) groups excluding carboxylic acids is 2. The van der Waals surface area contributed by atoms with Crippen LogP contribution >= 0.6 is 23.2 Å². The lowest BCUT2D eigenvalue weighted by Gasteiger charge is -2.16. The summed E-state index contributed by atoms with van der Waals surface area (Å²) in [6, 6.07) is 18.0. The lowest BCUT2D eigenvalue weighted by Crippen LogP contribution is -2.30. The molecule has 1 saturated heterocycles. The van der Waals surface area contributed by atoms with Gasteiger partial charge < -0.3 is 24.7 Å². The minimum Gasteiger partial charge on any atom is -0.485 e. The van der Waals surface area contributed by atoms with E-state index in [-0.39, 0.29) is 25.0 Å². The Morgan fingerprint density at radius 2 is 1.87 bits per heavy atom. The summed E-state index contributed by atoms with van der Waals surface area (Å²) in [7, 11) is 0. The first-order chi connectivity index (χ1) is 19.0. The van der Waals surface area contributed by atoms with Gasteiger partial charge in [0.15, 0.2) is 11.5 Å². The SMILES string of the molecule is O=C(NCCCN1CCCC1=O)c1ccc(OCc2nc3ccccc3[nH]2)c(OCc2ccc(Cl)cc2Cl)c1. The zero-order chi connectivity index (χ0) is 27.2. The molecular formula is C29H28Cl2N4O4. The van der Waals surface area contributed by atoms with Crippen molar-refractivity contribution in [1.82, 2.24) is 20.2 Å². The molecule has 0 bridgehead atoms. The molecule has 8 nitrogen and oxygen atoms in total. The number of para-hydroxylation sites is 2. The van der Waals surface area contributed by atoms with Gasteiger partial charge >= 0.3 is 0 Å². The highest BCUT2D eigenvalue weighted by Gasteiger charge is 2.19. The number of H-pyrrole nitrogens is 1. The number of imidazole rings is 1. The van der Waals surface area contributed by atoms with Crippen LogP contribution in [0, 0.1) is 0 Å². The fourth-order valence-corrected chi connectivity index (χ4v) is 4.87. The summed E-state index contributed by atoms with van der Waals surface area (Å²) in [5.74, 6) is 1.47. The fourth-order valence-electron chi connectivity index (χ4n) is 4.41. The van der Waals surface area contributed by atoms with E-state index < -0.39 is 0 Å². The minimum absolute atomic E-state index is 0.159. The molecule has 39 heavy (non-hydrogen) atoms. The maximum Gasteiger partial charge on any atom is 0.251 e. The summed E-state index contributed by atoms with van der Waals surface area (Å²) in [5.41, 5.74) is 2.95. The normalized spacial score (nSPS) is 13.2. The molecule has 0 spiro atoms. The molecule has 0 radical (unpaired) electrons. The van der Waals surface area contributed by atoms with Gasteiger partial charge in [-0.2, -0.15) is 0 Å². The number of fused-ring (bicyclic) bond motifs is 1. The fraction of sp³-hybridized carbons (Fsp3) is 0.276. The molecule has 3 aromatic carbocycles. The highest BCUT2D eigenvalue weighted by molar-refractivity contribution is 6.35. The van der Waals surface area contributed by atoms with Gasteiger partial charge in [0, 0.05) is 47.2 Å². The number of nitrogens with one attached hydrogen (secondary N) is 2. The number of aromatic amines is 1. The molecule has 0 aliphatic carbocycles. The predicted octanol–water partition coefficient (Wildman–Crippen LogP) is 5.77. The molecule has 2 N–H and O–H groups in total. The first kappa shape index (κ1) is 26.8. The number of amides is 2. The maximum absolute atomic E-state index is 12.9. The van der Waals surface area contributed by atoms with Gasteiger partial charge in [0.2, 0.25) is 5.91 Å². The first-order valence-electron chi connectivity index (χ1n) is 12.8. The smallest absolute Gasteiger partial charge is 0.251 e. The molecule has 0 saturated carbocycles. The number of aromatic nitrogens is 2. The van der Waals surface area contributed by atoms with E-state index in [2.05, 4.69) is 15.3 Å². The Morgan fingerprint density at radius 3 is 2.67 bits per heavy atom. The van der Waals surface area contributed by atoms with Crippen molar-refractivity contribution in [3.8, 4) is 11.5 Å². The first-order valence-corrected chi connectivity index (χ1v) is 13.5. The van der Waals surface area contributed by atoms with E-state index in [0.717, 1.165) is 29.6 Å². The molecule has 2 heterocycles. The zero-order valence-electron chi connectivity index (χ0n) is 21.2. The van der Waals surface area contributed by atoms with E-state index >= 15 is 0 Å². The quantitative estimate of drug-likeness (QED) is 0.225. The van der Waals surface area contributed by atoms with Crippen LogP contribution in [-0.2, 0) is 18.0 Å². The van der Waals surface area contributed by atoms with Crippen LogP contribution in [0.5, 0.6) is 11.5 Å². The van der Waals surface area contributed by atoms with Crippen molar-refractivity contribution >= 4 is 46.0 Å². The van der Waals surface area contributed by atoms with Gasteiger partial charge in [-0.25, -0.2) is 4.98 Å². The third-order valence-corrected chi connectivity index (χ3v) is 7.06. The summed E-state index contributed by atoms with van der Waals surface area (Å²) in [6.07, 6.45) is 2.20. The molecule has 4 aromatic rings. The average Bonchev–Trinajstić information content (AvgIpc) is 3.54. The van der Waals surface area contributed by atoms with Gasteiger partial charge in [-0.15, -0.1) is 0 Å². The van der Waals surface area contributed by atoms with E-state index in [1.807, 2.05) is 29.2 Å². The molecule has 2 amide bonds. The number of hydrogen-bond donors (Lipinski definition) is 2. The second kappa shape index (κ2) is 12.4. The zero-order valence-corrected chi connectivity index (χ0v) is 22.7. The number of hydrogen-bond acceptors (Lipinski definition) is 5. The van der Waals surface area contributed by atoms with E-state index in [1.54, 1.807) is 36.4 Å². The Balaban J connectivity index is 1.27. The van der Waals surface area contributed by atoms with Crippen molar-refractivity contribution in [1.29, 1.82) is 0 Å². The van der Waals surface area contributed by atoms with Crippen LogP contribution < -0.4 is 14.8 Å². The number of nitrogens with zero attached hydrogens (tertiary/aromatic N) is 2. The van der Waals surface area contributed by atoms with Crippen molar-refractivity contribution in [2.45, 2.75) is 32.5 Å². The molecule has 202 valence electrons. The molecule has 0 atom stereocenters. The molecule has 10 heteroatoms. The van der Waals surface area contributed by atoms with Crippen LogP contribution in [0.1, 0.15) is 41.0 Å². The van der Waals surface area contributed by atoms with Gasteiger partial charge in [-0.05, 0) is 55.3 Å². The van der Waals surface area contributed by atoms with Gasteiger partial charge in [0.1, 0.15) is 19.0 Å². The van der Waals surface area contributed by atoms with E-state index in [1.165, 1.54) is 0 Å². The Hall–Kier alpha value is -3.75. The number of halogens is 2. The minimum atomic E-state index is -0.235. The number of benzene rings is 3. The number of likely N-dealkylation sites (tertiary alicyclic amines) is 1. The average molecular weight is 567 g/mol. The third kappa shape index (κ3) is 6.82. The summed E-state index contributed by atoms with van der Waals surface area (Å²) >= 11 is 12.3. The molecule has 1 aliphatic heterocycles. The second-order valence-corrected chi connectivity index (χ2v) is 10.1. The van der Waals surface area contributed by atoms with Crippen LogP contribution in [0.15, 0.2) is 60.7 Å². The molecule has 0 unspecified atom stereocenters. The third-order valence-electron chi connectivity index (χ3n) is 6.47. The Kier molecular flexibility index (Phi) is 8.54. The van der Waals surface area contributed by atoms with E-state index in [4.69, 9.17) is 32.7 Å². The molecule has 1 aromatic heterocycles. The number of rotatable bonds is 11. The van der Waals surface area contributed by atoms with Gasteiger partial charge in [-0.1, -0.05) is 41.4 Å². The largest absolute Gasteiger partial charge is 0.485 e. The summed E-state index contributed by atoms with van der Waals surface area (Å²) < 4.78 is 12.1. The van der Waals surface area contributed by atoms with E-state index in [9.17, 15) is 9.59 Å². The molecule has 5 rings (SSSR count). The van der Waals surface area contributed by atoms with Gasteiger partial charge in [-0.3, -0.25) is 9.59 Å². The van der Waals surface area contributed by atoms with E-state index in [0.29, 0.717) is 58.9 Å². The second-order valence-electron chi connectivity index (χ2n) is 9.27.